The molecule has 0 amide bonds. The maximum Gasteiger partial charge on any atom is 0.123 e. The van der Waals surface area contributed by atoms with Crippen molar-refractivity contribution in [1.29, 1.82) is 0 Å². The van der Waals surface area contributed by atoms with Gasteiger partial charge in [0, 0.05) is 6.04 Å². The lowest BCUT2D eigenvalue weighted by atomic mass is 10.00. The molecule has 0 aliphatic heterocycles. The van der Waals surface area contributed by atoms with E-state index in [2.05, 4.69) is 0 Å². The number of hydrogen-bond acceptors (Lipinski definition) is 1. The summed E-state index contributed by atoms with van der Waals surface area (Å²) in [6, 6.07) is 12.1. The predicted molar refractivity (Wildman–Crippen MR) is 63.4 cm³/mol. The van der Waals surface area contributed by atoms with Gasteiger partial charge in [-0.25, -0.2) is 8.78 Å². The van der Waals surface area contributed by atoms with E-state index in [-0.39, 0.29) is 17.7 Å². The summed E-state index contributed by atoms with van der Waals surface area (Å²) in [6.45, 7) is 0. The molecule has 0 saturated carbocycles. The molecule has 0 fully saturated rings. The third-order valence-electron chi connectivity index (χ3n) is 2.67. The average molecular weight is 233 g/mol. The van der Waals surface area contributed by atoms with Crippen LogP contribution < -0.4 is 5.73 Å². The third-order valence-corrected chi connectivity index (χ3v) is 2.67. The van der Waals surface area contributed by atoms with E-state index >= 15 is 0 Å². The van der Waals surface area contributed by atoms with E-state index in [4.69, 9.17) is 5.73 Å². The highest BCUT2D eigenvalue weighted by molar-refractivity contribution is 5.24. The Morgan fingerprint density at radius 3 is 1.82 bits per heavy atom. The first-order valence-electron chi connectivity index (χ1n) is 5.40. The fourth-order valence-electron chi connectivity index (χ4n) is 1.70. The maximum atomic E-state index is 12.7. The molecule has 0 saturated heterocycles. The maximum absolute atomic E-state index is 12.7. The van der Waals surface area contributed by atoms with Crippen molar-refractivity contribution >= 4 is 0 Å². The van der Waals surface area contributed by atoms with Gasteiger partial charge in [0.15, 0.2) is 0 Å². The van der Waals surface area contributed by atoms with Crippen molar-refractivity contribution < 1.29 is 8.78 Å². The number of halogens is 2. The van der Waals surface area contributed by atoms with Crippen molar-refractivity contribution in [2.24, 2.45) is 5.73 Å². The van der Waals surface area contributed by atoms with Crippen molar-refractivity contribution in [3.05, 3.63) is 71.3 Å². The Balaban J connectivity index is 2.08. The van der Waals surface area contributed by atoms with Gasteiger partial charge < -0.3 is 5.73 Å². The van der Waals surface area contributed by atoms with Crippen molar-refractivity contribution in [3.63, 3.8) is 0 Å². The quantitative estimate of drug-likeness (QED) is 0.865. The van der Waals surface area contributed by atoms with Crippen LogP contribution in [0.2, 0.25) is 0 Å². The SMILES string of the molecule is N[C@@H](Cc1ccc(F)cc1)c1ccc(F)cc1. The zero-order valence-corrected chi connectivity index (χ0v) is 9.24. The van der Waals surface area contributed by atoms with Crippen LogP contribution in [0.25, 0.3) is 0 Å². The second kappa shape index (κ2) is 5.06. The third kappa shape index (κ3) is 3.11. The molecule has 3 heteroatoms. The predicted octanol–water partition coefficient (Wildman–Crippen LogP) is 3.21. The van der Waals surface area contributed by atoms with Gasteiger partial charge in [0.2, 0.25) is 0 Å². The molecule has 0 heterocycles. The number of benzene rings is 2. The first-order chi connectivity index (χ1) is 8.15. The van der Waals surface area contributed by atoms with Gasteiger partial charge in [-0.15, -0.1) is 0 Å². The van der Waals surface area contributed by atoms with Crippen LogP contribution in [-0.4, -0.2) is 0 Å². The minimum Gasteiger partial charge on any atom is -0.324 e. The van der Waals surface area contributed by atoms with Crippen molar-refractivity contribution in [2.45, 2.75) is 12.5 Å². The van der Waals surface area contributed by atoms with E-state index in [1.54, 1.807) is 24.3 Å². The van der Waals surface area contributed by atoms with Gasteiger partial charge in [-0.3, -0.25) is 0 Å². The summed E-state index contributed by atoms with van der Waals surface area (Å²) in [6.07, 6.45) is 0.603. The van der Waals surface area contributed by atoms with E-state index in [1.807, 2.05) is 0 Å². The number of hydrogen-bond donors (Lipinski definition) is 1. The van der Waals surface area contributed by atoms with Gasteiger partial charge in [-0.1, -0.05) is 24.3 Å². The summed E-state index contributed by atoms with van der Waals surface area (Å²) < 4.78 is 25.5. The van der Waals surface area contributed by atoms with Crippen LogP contribution in [0.3, 0.4) is 0 Å². The van der Waals surface area contributed by atoms with E-state index < -0.39 is 0 Å². The van der Waals surface area contributed by atoms with Gasteiger partial charge >= 0.3 is 0 Å². The summed E-state index contributed by atoms with van der Waals surface area (Å²) in [5.41, 5.74) is 7.83. The second-order valence-corrected chi connectivity index (χ2v) is 3.99. The zero-order chi connectivity index (χ0) is 12.3. The van der Waals surface area contributed by atoms with E-state index in [0.29, 0.717) is 6.42 Å². The fourth-order valence-corrected chi connectivity index (χ4v) is 1.70. The standard InChI is InChI=1S/C14H13F2N/c15-12-5-1-10(2-6-12)9-14(17)11-3-7-13(16)8-4-11/h1-8,14H,9,17H2/t14-/m0/s1. The lowest BCUT2D eigenvalue weighted by Crippen LogP contribution is -2.13. The highest BCUT2D eigenvalue weighted by atomic mass is 19.1. The molecule has 2 rings (SSSR count). The van der Waals surface area contributed by atoms with Crippen molar-refractivity contribution in [3.8, 4) is 0 Å². The lowest BCUT2D eigenvalue weighted by molar-refractivity contribution is 0.622. The first kappa shape index (κ1) is 11.7. The molecule has 0 aromatic heterocycles. The van der Waals surface area contributed by atoms with Crippen molar-refractivity contribution in [1.82, 2.24) is 0 Å². The number of nitrogens with two attached hydrogens (primary N) is 1. The van der Waals surface area contributed by atoms with Gasteiger partial charge in [-0.05, 0) is 41.8 Å². The largest absolute Gasteiger partial charge is 0.324 e. The normalized spacial score (nSPS) is 12.4. The Morgan fingerprint density at radius 1 is 0.824 bits per heavy atom. The molecule has 17 heavy (non-hydrogen) atoms. The first-order valence-corrected chi connectivity index (χ1v) is 5.40. The van der Waals surface area contributed by atoms with Crippen LogP contribution in [0.5, 0.6) is 0 Å². The Bertz CT molecular complexity index is 477. The molecular formula is C14H13F2N. The fraction of sp³-hybridized carbons (Fsp3) is 0.143. The van der Waals surface area contributed by atoms with Crippen LogP contribution in [-0.2, 0) is 6.42 Å². The Hall–Kier alpha value is -1.74. The average Bonchev–Trinajstić information content (AvgIpc) is 2.33. The molecule has 0 aliphatic carbocycles. The topological polar surface area (TPSA) is 26.0 Å². The highest BCUT2D eigenvalue weighted by Gasteiger charge is 2.07. The molecule has 0 spiro atoms. The lowest BCUT2D eigenvalue weighted by Gasteiger charge is -2.12. The van der Waals surface area contributed by atoms with E-state index in [1.165, 1.54) is 24.3 Å². The van der Waals surface area contributed by atoms with Gasteiger partial charge in [0.1, 0.15) is 11.6 Å². The molecule has 2 aromatic rings. The summed E-state index contributed by atoms with van der Waals surface area (Å²) in [5.74, 6) is -0.535. The Labute approximate surface area is 98.9 Å². The molecule has 2 aromatic carbocycles. The summed E-state index contributed by atoms with van der Waals surface area (Å²) >= 11 is 0. The zero-order valence-electron chi connectivity index (χ0n) is 9.24. The van der Waals surface area contributed by atoms with E-state index in [9.17, 15) is 8.78 Å². The second-order valence-electron chi connectivity index (χ2n) is 3.99. The molecule has 2 N–H and O–H groups in total. The van der Waals surface area contributed by atoms with Crippen LogP contribution >= 0.6 is 0 Å². The molecule has 0 aliphatic rings. The molecule has 0 unspecified atom stereocenters. The summed E-state index contributed by atoms with van der Waals surface area (Å²) in [7, 11) is 0. The van der Waals surface area contributed by atoms with Gasteiger partial charge in [0.05, 0.1) is 0 Å². The van der Waals surface area contributed by atoms with Gasteiger partial charge in [0.25, 0.3) is 0 Å². The van der Waals surface area contributed by atoms with E-state index in [0.717, 1.165) is 11.1 Å². The monoisotopic (exact) mass is 233 g/mol. The van der Waals surface area contributed by atoms with Crippen molar-refractivity contribution in [2.75, 3.05) is 0 Å². The molecule has 88 valence electrons. The minimum atomic E-state index is -0.275. The van der Waals surface area contributed by atoms with Crippen LogP contribution in [0, 0.1) is 11.6 Å². The molecular weight excluding hydrogens is 220 g/mol. The number of rotatable bonds is 3. The minimum absolute atomic E-state index is 0.207. The van der Waals surface area contributed by atoms with Crippen LogP contribution in [0.4, 0.5) is 8.78 Å². The molecule has 0 bridgehead atoms. The molecule has 1 nitrogen and oxygen atoms in total. The van der Waals surface area contributed by atoms with Crippen LogP contribution in [0.1, 0.15) is 17.2 Å². The van der Waals surface area contributed by atoms with Crippen LogP contribution in [0.15, 0.2) is 48.5 Å². The Kier molecular flexibility index (Phi) is 3.49. The highest BCUT2D eigenvalue weighted by Crippen LogP contribution is 2.16. The molecule has 0 radical (unpaired) electrons. The van der Waals surface area contributed by atoms with Gasteiger partial charge in [-0.2, -0.15) is 0 Å². The smallest absolute Gasteiger partial charge is 0.123 e. The summed E-state index contributed by atoms with van der Waals surface area (Å²) in [4.78, 5) is 0. The Morgan fingerprint density at radius 2 is 1.29 bits per heavy atom. The summed E-state index contributed by atoms with van der Waals surface area (Å²) in [5, 5.41) is 0. The molecule has 1 atom stereocenters.